The SMILES string of the molecule is CC1=C(C(=O)Nc2ccc(Cl)cc2)[C@@H](c2ccc([N+](=O)[O-])cc2)n2nnnc2N1. The number of anilines is 2. The van der Waals surface area contributed by atoms with E-state index >= 15 is 0 Å². The topological polar surface area (TPSA) is 128 Å². The van der Waals surface area contributed by atoms with Crippen molar-refractivity contribution in [1.82, 2.24) is 20.2 Å². The van der Waals surface area contributed by atoms with E-state index in [1.807, 2.05) is 0 Å². The molecule has 29 heavy (non-hydrogen) atoms. The van der Waals surface area contributed by atoms with Crippen LogP contribution in [-0.4, -0.2) is 31.0 Å². The molecule has 0 bridgehead atoms. The maximum atomic E-state index is 13.1. The molecular weight excluding hydrogens is 398 g/mol. The Bertz CT molecular complexity index is 1120. The monoisotopic (exact) mass is 411 g/mol. The zero-order chi connectivity index (χ0) is 20.5. The summed E-state index contributed by atoms with van der Waals surface area (Å²) in [5.41, 5.74) is 2.11. The Kier molecular flexibility index (Phi) is 4.69. The van der Waals surface area contributed by atoms with Gasteiger partial charge in [-0.15, -0.1) is 0 Å². The number of hydrogen-bond acceptors (Lipinski definition) is 7. The lowest BCUT2D eigenvalue weighted by Crippen LogP contribution is -2.31. The Balaban J connectivity index is 1.74. The fraction of sp³-hybridized carbons (Fsp3) is 0.111. The predicted molar refractivity (Wildman–Crippen MR) is 105 cm³/mol. The lowest BCUT2D eigenvalue weighted by atomic mass is 9.95. The number of tetrazole rings is 1. The van der Waals surface area contributed by atoms with Crippen molar-refractivity contribution in [2.75, 3.05) is 10.6 Å². The predicted octanol–water partition coefficient (Wildman–Crippen LogP) is 3.16. The number of halogens is 1. The first-order valence-corrected chi connectivity index (χ1v) is 8.89. The molecule has 3 aromatic rings. The molecule has 4 rings (SSSR count). The van der Waals surface area contributed by atoms with Gasteiger partial charge in [-0.1, -0.05) is 16.7 Å². The van der Waals surface area contributed by atoms with Gasteiger partial charge in [0.05, 0.1) is 10.5 Å². The Hall–Kier alpha value is -3.79. The minimum Gasteiger partial charge on any atom is -0.326 e. The number of amides is 1. The average molecular weight is 412 g/mol. The highest BCUT2D eigenvalue weighted by Gasteiger charge is 2.34. The van der Waals surface area contributed by atoms with Crippen molar-refractivity contribution in [3.63, 3.8) is 0 Å². The minimum atomic E-state index is -0.658. The van der Waals surface area contributed by atoms with E-state index in [0.29, 0.717) is 33.5 Å². The fourth-order valence-corrected chi connectivity index (χ4v) is 3.25. The summed E-state index contributed by atoms with van der Waals surface area (Å²) in [5.74, 6) is 0.00993. The summed E-state index contributed by atoms with van der Waals surface area (Å²) in [6, 6.07) is 12.0. The molecule has 1 amide bonds. The molecule has 2 heterocycles. The molecule has 0 fully saturated rings. The van der Waals surface area contributed by atoms with Crippen molar-refractivity contribution >= 4 is 34.8 Å². The van der Waals surface area contributed by atoms with Crippen LogP contribution in [0.15, 0.2) is 59.8 Å². The Morgan fingerprint density at radius 3 is 2.55 bits per heavy atom. The second-order valence-electron chi connectivity index (χ2n) is 6.32. The van der Waals surface area contributed by atoms with E-state index in [2.05, 4.69) is 26.2 Å². The van der Waals surface area contributed by atoms with Crippen LogP contribution in [0.1, 0.15) is 18.5 Å². The normalized spacial score (nSPS) is 15.4. The van der Waals surface area contributed by atoms with Crippen LogP contribution >= 0.6 is 11.6 Å². The molecule has 2 aromatic carbocycles. The molecular formula is C18H14ClN7O3. The number of carbonyl (C=O) groups is 1. The van der Waals surface area contributed by atoms with Gasteiger partial charge in [-0.25, -0.2) is 0 Å². The number of nitrogens with one attached hydrogen (secondary N) is 2. The highest BCUT2D eigenvalue weighted by Crippen LogP contribution is 2.35. The van der Waals surface area contributed by atoms with E-state index in [9.17, 15) is 14.9 Å². The summed E-state index contributed by atoms with van der Waals surface area (Å²) >= 11 is 5.90. The second kappa shape index (κ2) is 7.32. The highest BCUT2D eigenvalue weighted by molar-refractivity contribution is 6.30. The fourth-order valence-electron chi connectivity index (χ4n) is 3.12. The number of rotatable bonds is 4. The Morgan fingerprint density at radius 1 is 1.21 bits per heavy atom. The lowest BCUT2D eigenvalue weighted by Gasteiger charge is -2.27. The van der Waals surface area contributed by atoms with Crippen LogP contribution in [0.5, 0.6) is 0 Å². The van der Waals surface area contributed by atoms with Crippen LogP contribution in [0.2, 0.25) is 5.02 Å². The summed E-state index contributed by atoms with van der Waals surface area (Å²) in [7, 11) is 0. The van der Waals surface area contributed by atoms with Gasteiger partial charge in [0, 0.05) is 28.5 Å². The van der Waals surface area contributed by atoms with Gasteiger partial charge in [-0.3, -0.25) is 14.9 Å². The van der Waals surface area contributed by atoms with E-state index in [-0.39, 0.29) is 11.6 Å². The third-order valence-corrected chi connectivity index (χ3v) is 4.73. The Labute approximate surface area is 169 Å². The largest absolute Gasteiger partial charge is 0.326 e. The number of nitrogens with zero attached hydrogens (tertiary/aromatic N) is 5. The van der Waals surface area contributed by atoms with Gasteiger partial charge in [0.25, 0.3) is 11.6 Å². The van der Waals surface area contributed by atoms with Crippen molar-refractivity contribution in [3.05, 3.63) is 80.5 Å². The van der Waals surface area contributed by atoms with Crippen LogP contribution in [0, 0.1) is 10.1 Å². The number of nitro benzene ring substituents is 1. The molecule has 1 atom stereocenters. The molecule has 1 aliphatic heterocycles. The molecule has 0 saturated carbocycles. The first-order valence-electron chi connectivity index (χ1n) is 8.51. The van der Waals surface area contributed by atoms with Crippen molar-refractivity contribution in [1.29, 1.82) is 0 Å². The standard InChI is InChI=1S/C18H14ClN7O3/c1-10-15(17(27)21-13-6-4-12(19)5-7-13)16(25-18(20-10)22-23-24-25)11-2-8-14(9-3-11)26(28)29/h2-9,16H,1H3,(H,21,27)(H,20,22,24)/t16-/m1/s1. The number of aromatic nitrogens is 4. The molecule has 0 radical (unpaired) electrons. The van der Waals surface area contributed by atoms with E-state index in [1.54, 1.807) is 43.3 Å². The Morgan fingerprint density at radius 2 is 1.90 bits per heavy atom. The van der Waals surface area contributed by atoms with Crippen LogP contribution < -0.4 is 10.6 Å². The molecule has 2 N–H and O–H groups in total. The molecule has 0 saturated heterocycles. The minimum absolute atomic E-state index is 0.0486. The molecule has 0 unspecified atom stereocenters. The number of non-ortho nitro benzene ring substituents is 1. The quantitative estimate of drug-likeness (QED) is 0.498. The number of allylic oxidation sites excluding steroid dienone is 1. The van der Waals surface area contributed by atoms with E-state index in [1.165, 1.54) is 16.8 Å². The van der Waals surface area contributed by atoms with Gasteiger partial charge in [0.2, 0.25) is 5.95 Å². The zero-order valence-corrected chi connectivity index (χ0v) is 15.8. The first-order chi connectivity index (χ1) is 13.9. The van der Waals surface area contributed by atoms with Gasteiger partial charge < -0.3 is 10.6 Å². The molecule has 1 aliphatic rings. The third kappa shape index (κ3) is 3.52. The molecule has 0 aliphatic carbocycles. The maximum absolute atomic E-state index is 13.1. The summed E-state index contributed by atoms with van der Waals surface area (Å²) in [4.78, 5) is 23.6. The lowest BCUT2D eigenvalue weighted by molar-refractivity contribution is -0.384. The molecule has 1 aromatic heterocycles. The van der Waals surface area contributed by atoms with Crippen molar-refractivity contribution in [2.45, 2.75) is 13.0 Å². The van der Waals surface area contributed by atoms with E-state index < -0.39 is 11.0 Å². The number of carbonyl (C=O) groups excluding carboxylic acids is 1. The van der Waals surface area contributed by atoms with Crippen molar-refractivity contribution < 1.29 is 9.72 Å². The van der Waals surface area contributed by atoms with Gasteiger partial charge in [0.1, 0.15) is 6.04 Å². The van der Waals surface area contributed by atoms with Crippen LogP contribution in [-0.2, 0) is 4.79 Å². The van der Waals surface area contributed by atoms with Crippen LogP contribution in [0.3, 0.4) is 0 Å². The van der Waals surface area contributed by atoms with Gasteiger partial charge in [0.15, 0.2) is 0 Å². The van der Waals surface area contributed by atoms with Crippen molar-refractivity contribution in [3.8, 4) is 0 Å². The number of benzene rings is 2. The van der Waals surface area contributed by atoms with Crippen LogP contribution in [0.4, 0.5) is 17.3 Å². The summed E-state index contributed by atoms with van der Waals surface area (Å²) in [6.45, 7) is 1.74. The third-order valence-electron chi connectivity index (χ3n) is 4.48. The molecule has 10 nitrogen and oxygen atoms in total. The number of fused-ring (bicyclic) bond motifs is 1. The highest BCUT2D eigenvalue weighted by atomic mass is 35.5. The van der Waals surface area contributed by atoms with E-state index in [4.69, 9.17) is 11.6 Å². The maximum Gasteiger partial charge on any atom is 0.269 e. The van der Waals surface area contributed by atoms with Gasteiger partial charge in [-0.2, -0.15) is 4.68 Å². The first kappa shape index (κ1) is 18.6. The zero-order valence-electron chi connectivity index (χ0n) is 15.0. The number of hydrogen-bond donors (Lipinski definition) is 2. The second-order valence-corrected chi connectivity index (χ2v) is 6.76. The number of nitro groups is 1. The smallest absolute Gasteiger partial charge is 0.269 e. The van der Waals surface area contributed by atoms with Gasteiger partial charge in [-0.05, 0) is 59.3 Å². The summed E-state index contributed by atoms with van der Waals surface area (Å²) < 4.78 is 1.46. The summed E-state index contributed by atoms with van der Waals surface area (Å²) in [6.07, 6.45) is 0. The molecule has 0 spiro atoms. The molecule has 146 valence electrons. The van der Waals surface area contributed by atoms with Crippen LogP contribution in [0.25, 0.3) is 0 Å². The van der Waals surface area contributed by atoms with Crippen molar-refractivity contribution in [2.24, 2.45) is 0 Å². The van der Waals surface area contributed by atoms with Gasteiger partial charge >= 0.3 is 0 Å². The summed E-state index contributed by atoms with van der Waals surface area (Å²) in [5, 5.41) is 28.9. The average Bonchev–Trinajstić information content (AvgIpc) is 3.16. The van der Waals surface area contributed by atoms with E-state index in [0.717, 1.165) is 0 Å². The molecule has 11 heteroatoms.